The number of aromatic nitrogens is 1. The Morgan fingerprint density at radius 3 is 2.82 bits per heavy atom. The van der Waals surface area contributed by atoms with Gasteiger partial charge in [0.2, 0.25) is 0 Å². The van der Waals surface area contributed by atoms with Crippen molar-refractivity contribution >= 4 is 11.8 Å². The number of nitrogens with zero attached hydrogens (tertiary/aromatic N) is 1. The molecule has 3 heteroatoms. The molecule has 2 rings (SSSR count). The summed E-state index contributed by atoms with van der Waals surface area (Å²) >= 11 is 1.98. The zero-order valence-electron chi connectivity index (χ0n) is 10.8. The van der Waals surface area contributed by atoms with Crippen molar-refractivity contribution in [3.8, 4) is 0 Å². The van der Waals surface area contributed by atoms with Crippen molar-refractivity contribution in [1.82, 2.24) is 10.3 Å². The van der Waals surface area contributed by atoms with Crippen LogP contribution in [0.15, 0.2) is 17.3 Å². The van der Waals surface area contributed by atoms with Crippen LogP contribution in [0, 0.1) is 6.92 Å². The molecule has 2 nitrogen and oxygen atoms in total. The minimum absolute atomic E-state index is 0.806. The third kappa shape index (κ3) is 3.71. The van der Waals surface area contributed by atoms with Gasteiger partial charge in [0.25, 0.3) is 0 Å². The number of hydrogen-bond donors (Lipinski definition) is 1. The van der Waals surface area contributed by atoms with Crippen LogP contribution >= 0.6 is 11.8 Å². The smallest absolute Gasteiger partial charge is 0.0991 e. The van der Waals surface area contributed by atoms with E-state index in [2.05, 4.69) is 30.2 Å². The predicted molar refractivity (Wildman–Crippen MR) is 74.5 cm³/mol. The molecular formula is C14H22N2S. The average molecular weight is 250 g/mol. The molecule has 0 amide bonds. The number of pyridine rings is 1. The Morgan fingerprint density at radius 1 is 1.41 bits per heavy atom. The highest BCUT2D eigenvalue weighted by atomic mass is 32.2. The Balaban J connectivity index is 1.98. The fourth-order valence-corrected chi connectivity index (χ4v) is 3.52. The standard InChI is InChI=1S/C14H22N2S/c1-3-15-9-12-8-11(2)14(16-10-12)17-13-6-4-5-7-13/h8,10,13,15H,3-7,9H2,1-2H3. The highest BCUT2D eigenvalue weighted by molar-refractivity contribution is 7.99. The largest absolute Gasteiger partial charge is 0.313 e. The van der Waals surface area contributed by atoms with E-state index in [4.69, 9.17) is 0 Å². The molecule has 0 bridgehead atoms. The van der Waals surface area contributed by atoms with Crippen molar-refractivity contribution in [2.75, 3.05) is 6.54 Å². The first-order chi connectivity index (χ1) is 8.29. The Morgan fingerprint density at radius 2 is 2.18 bits per heavy atom. The van der Waals surface area contributed by atoms with Gasteiger partial charge in [-0.3, -0.25) is 0 Å². The van der Waals surface area contributed by atoms with Gasteiger partial charge in [0.05, 0.1) is 5.03 Å². The quantitative estimate of drug-likeness (QED) is 0.865. The van der Waals surface area contributed by atoms with Crippen molar-refractivity contribution in [1.29, 1.82) is 0 Å². The number of hydrogen-bond acceptors (Lipinski definition) is 3. The highest BCUT2D eigenvalue weighted by Crippen LogP contribution is 2.35. The molecule has 0 unspecified atom stereocenters. The molecule has 0 atom stereocenters. The van der Waals surface area contributed by atoms with Crippen LogP contribution < -0.4 is 5.32 Å². The predicted octanol–water partition coefficient (Wildman–Crippen LogP) is 3.53. The maximum atomic E-state index is 4.62. The number of rotatable bonds is 5. The normalized spacial score (nSPS) is 16.6. The third-order valence-electron chi connectivity index (χ3n) is 3.25. The molecule has 1 fully saturated rings. The Labute approximate surface area is 109 Å². The van der Waals surface area contributed by atoms with E-state index in [1.807, 2.05) is 18.0 Å². The van der Waals surface area contributed by atoms with Crippen LogP contribution in [0.1, 0.15) is 43.7 Å². The van der Waals surface area contributed by atoms with Gasteiger partial charge in [0, 0.05) is 18.0 Å². The summed E-state index contributed by atoms with van der Waals surface area (Å²) in [4.78, 5) is 4.62. The lowest BCUT2D eigenvalue weighted by molar-refractivity contribution is 0.721. The molecule has 94 valence electrons. The fourth-order valence-electron chi connectivity index (χ4n) is 2.27. The van der Waals surface area contributed by atoms with Crippen LogP contribution in [0.3, 0.4) is 0 Å². The first-order valence-electron chi connectivity index (χ1n) is 6.62. The molecule has 0 aromatic carbocycles. The van der Waals surface area contributed by atoms with Crippen molar-refractivity contribution in [3.05, 3.63) is 23.4 Å². The molecule has 1 aliphatic carbocycles. The summed E-state index contributed by atoms with van der Waals surface area (Å²) < 4.78 is 0. The van der Waals surface area contributed by atoms with E-state index < -0.39 is 0 Å². The highest BCUT2D eigenvalue weighted by Gasteiger charge is 2.17. The second-order valence-electron chi connectivity index (χ2n) is 4.77. The second-order valence-corrected chi connectivity index (χ2v) is 6.06. The van der Waals surface area contributed by atoms with Gasteiger partial charge in [-0.05, 0) is 37.4 Å². The SMILES string of the molecule is CCNCc1cnc(SC2CCCC2)c(C)c1. The minimum Gasteiger partial charge on any atom is -0.313 e. The van der Waals surface area contributed by atoms with Crippen molar-refractivity contribution < 1.29 is 0 Å². The van der Waals surface area contributed by atoms with Gasteiger partial charge in [0.1, 0.15) is 0 Å². The maximum Gasteiger partial charge on any atom is 0.0991 e. The van der Waals surface area contributed by atoms with Crippen LogP contribution in [-0.4, -0.2) is 16.8 Å². The van der Waals surface area contributed by atoms with Crippen LogP contribution in [0.5, 0.6) is 0 Å². The lowest BCUT2D eigenvalue weighted by Crippen LogP contribution is -2.12. The zero-order chi connectivity index (χ0) is 12.1. The summed E-state index contributed by atoms with van der Waals surface area (Å²) in [6, 6.07) is 2.27. The molecular weight excluding hydrogens is 228 g/mol. The number of thioether (sulfide) groups is 1. The summed E-state index contributed by atoms with van der Waals surface area (Å²) in [6.45, 7) is 6.25. The van der Waals surface area contributed by atoms with Gasteiger partial charge in [-0.25, -0.2) is 4.98 Å². The van der Waals surface area contributed by atoms with Gasteiger partial charge < -0.3 is 5.32 Å². The molecule has 1 aliphatic rings. The molecule has 17 heavy (non-hydrogen) atoms. The van der Waals surface area contributed by atoms with E-state index in [1.165, 1.54) is 41.8 Å². The van der Waals surface area contributed by atoms with Gasteiger partial charge in [-0.15, -0.1) is 11.8 Å². The van der Waals surface area contributed by atoms with Gasteiger partial charge in [-0.1, -0.05) is 25.8 Å². The molecule has 1 aromatic heterocycles. The summed E-state index contributed by atoms with van der Waals surface area (Å²) in [5, 5.41) is 5.38. The third-order valence-corrected chi connectivity index (χ3v) is 4.70. The Hall–Kier alpha value is -0.540. The lowest BCUT2D eigenvalue weighted by Gasteiger charge is -2.11. The topological polar surface area (TPSA) is 24.9 Å². The monoisotopic (exact) mass is 250 g/mol. The Bertz CT molecular complexity index is 359. The molecule has 0 radical (unpaired) electrons. The van der Waals surface area contributed by atoms with Gasteiger partial charge in [-0.2, -0.15) is 0 Å². The number of nitrogens with one attached hydrogen (secondary N) is 1. The zero-order valence-corrected chi connectivity index (χ0v) is 11.6. The Kier molecular flexibility index (Phi) is 4.86. The first kappa shape index (κ1) is 12.9. The summed E-state index contributed by atoms with van der Waals surface area (Å²) in [7, 11) is 0. The lowest BCUT2D eigenvalue weighted by atomic mass is 10.2. The van der Waals surface area contributed by atoms with E-state index in [0.29, 0.717) is 0 Å². The molecule has 1 N–H and O–H groups in total. The molecule has 0 spiro atoms. The molecule has 1 aromatic rings. The summed E-state index contributed by atoms with van der Waals surface area (Å²) in [6.07, 6.45) is 7.55. The number of aryl methyl sites for hydroxylation is 1. The van der Waals surface area contributed by atoms with E-state index in [-0.39, 0.29) is 0 Å². The van der Waals surface area contributed by atoms with E-state index >= 15 is 0 Å². The molecule has 0 aliphatic heterocycles. The summed E-state index contributed by atoms with van der Waals surface area (Å²) in [5.41, 5.74) is 2.62. The van der Waals surface area contributed by atoms with Crippen molar-refractivity contribution in [2.45, 2.75) is 56.4 Å². The first-order valence-corrected chi connectivity index (χ1v) is 7.50. The molecule has 0 saturated heterocycles. The van der Waals surface area contributed by atoms with Crippen molar-refractivity contribution in [3.63, 3.8) is 0 Å². The van der Waals surface area contributed by atoms with Crippen LogP contribution in [0.4, 0.5) is 0 Å². The van der Waals surface area contributed by atoms with Crippen LogP contribution in [0.25, 0.3) is 0 Å². The second kappa shape index (κ2) is 6.41. The van der Waals surface area contributed by atoms with Crippen molar-refractivity contribution in [2.24, 2.45) is 0 Å². The van der Waals surface area contributed by atoms with E-state index in [9.17, 15) is 0 Å². The van der Waals surface area contributed by atoms with Gasteiger partial charge in [0.15, 0.2) is 0 Å². The molecule has 1 saturated carbocycles. The van der Waals surface area contributed by atoms with Crippen LogP contribution in [-0.2, 0) is 6.54 Å². The molecule has 1 heterocycles. The minimum atomic E-state index is 0.806. The fraction of sp³-hybridized carbons (Fsp3) is 0.643. The van der Waals surface area contributed by atoms with Crippen LogP contribution in [0.2, 0.25) is 0 Å². The average Bonchev–Trinajstić information content (AvgIpc) is 2.82. The van der Waals surface area contributed by atoms with Gasteiger partial charge >= 0.3 is 0 Å². The summed E-state index contributed by atoms with van der Waals surface area (Å²) in [5.74, 6) is 0. The van der Waals surface area contributed by atoms with E-state index in [0.717, 1.165) is 18.3 Å². The maximum absolute atomic E-state index is 4.62. The van der Waals surface area contributed by atoms with E-state index in [1.54, 1.807) is 0 Å².